The minimum absolute atomic E-state index is 0.00565. The van der Waals surface area contributed by atoms with E-state index >= 15 is 0 Å². The minimum Gasteiger partial charge on any atom is -0.497 e. The molecule has 0 aliphatic heterocycles. The van der Waals surface area contributed by atoms with Gasteiger partial charge in [0.05, 0.1) is 19.2 Å². The van der Waals surface area contributed by atoms with Crippen LogP contribution in [0, 0.1) is 0 Å². The summed E-state index contributed by atoms with van der Waals surface area (Å²) in [6, 6.07) is 5.53. The monoisotopic (exact) mass is 302 g/mol. The van der Waals surface area contributed by atoms with Crippen molar-refractivity contribution in [2.75, 3.05) is 18.2 Å². The Morgan fingerprint density at radius 1 is 1.30 bits per heavy atom. The molecular formula is C13H13F3N2OS. The summed E-state index contributed by atoms with van der Waals surface area (Å²) in [4.78, 5) is 0.800. The number of alkyl halides is 3. The molecule has 3 nitrogen and oxygen atoms in total. The Labute approximate surface area is 118 Å². The van der Waals surface area contributed by atoms with E-state index < -0.39 is 11.7 Å². The lowest BCUT2D eigenvalue weighted by Crippen LogP contribution is -2.11. The third-order valence-corrected chi connectivity index (χ3v) is 3.69. The molecule has 2 rings (SSSR count). The first-order valence-corrected chi connectivity index (χ1v) is 6.60. The van der Waals surface area contributed by atoms with Gasteiger partial charge in [0.15, 0.2) is 0 Å². The number of nitrogens with one attached hydrogen (secondary N) is 1. The number of thiophene rings is 1. The van der Waals surface area contributed by atoms with Gasteiger partial charge in [-0.1, -0.05) is 0 Å². The highest BCUT2D eigenvalue weighted by Crippen LogP contribution is 2.37. The van der Waals surface area contributed by atoms with Gasteiger partial charge in [-0.2, -0.15) is 13.2 Å². The van der Waals surface area contributed by atoms with Crippen LogP contribution in [0.1, 0.15) is 10.4 Å². The third-order valence-electron chi connectivity index (χ3n) is 2.75. The Bertz CT molecular complexity index is 596. The highest BCUT2D eigenvalue weighted by atomic mass is 32.1. The number of ether oxygens (including phenoxy) is 1. The number of nitrogens with two attached hydrogens (primary N) is 1. The second-order valence-corrected chi connectivity index (χ2v) is 5.06. The number of nitrogen functional groups attached to an aromatic ring is 1. The molecule has 7 heteroatoms. The van der Waals surface area contributed by atoms with Crippen molar-refractivity contribution >= 4 is 22.7 Å². The molecule has 0 spiro atoms. The molecular weight excluding hydrogens is 289 g/mol. The van der Waals surface area contributed by atoms with E-state index in [9.17, 15) is 13.2 Å². The molecule has 2 aromatic rings. The Balaban J connectivity index is 2.25. The molecule has 0 aliphatic carbocycles. The van der Waals surface area contributed by atoms with E-state index in [0.717, 1.165) is 10.9 Å². The van der Waals surface area contributed by atoms with Crippen molar-refractivity contribution in [3.63, 3.8) is 0 Å². The Morgan fingerprint density at radius 3 is 2.60 bits per heavy atom. The number of methoxy groups -OCH3 is 1. The molecule has 0 fully saturated rings. The minimum atomic E-state index is -4.45. The molecule has 0 unspecified atom stereocenters. The van der Waals surface area contributed by atoms with E-state index in [4.69, 9.17) is 10.5 Å². The maximum absolute atomic E-state index is 13.0. The highest BCUT2D eigenvalue weighted by Gasteiger charge is 2.34. The largest absolute Gasteiger partial charge is 0.497 e. The van der Waals surface area contributed by atoms with E-state index in [2.05, 4.69) is 5.32 Å². The van der Waals surface area contributed by atoms with Crippen molar-refractivity contribution in [3.05, 3.63) is 40.1 Å². The van der Waals surface area contributed by atoms with Gasteiger partial charge in [-0.05, 0) is 29.6 Å². The van der Waals surface area contributed by atoms with Crippen LogP contribution in [0.15, 0.2) is 29.6 Å². The van der Waals surface area contributed by atoms with E-state index in [1.165, 1.54) is 30.6 Å². The van der Waals surface area contributed by atoms with Crippen molar-refractivity contribution in [1.82, 2.24) is 0 Å². The van der Waals surface area contributed by atoms with Gasteiger partial charge in [-0.3, -0.25) is 0 Å². The summed E-state index contributed by atoms with van der Waals surface area (Å²) >= 11 is 1.40. The third kappa shape index (κ3) is 3.16. The van der Waals surface area contributed by atoms with Crippen molar-refractivity contribution in [2.24, 2.45) is 0 Å². The summed E-state index contributed by atoms with van der Waals surface area (Å²) in [5, 5.41) is 4.57. The van der Waals surface area contributed by atoms with Crippen molar-refractivity contribution in [1.29, 1.82) is 0 Å². The van der Waals surface area contributed by atoms with Gasteiger partial charge in [-0.15, -0.1) is 11.3 Å². The number of halogens is 3. The van der Waals surface area contributed by atoms with Gasteiger partial charge in [0, 0.05) is 16.3 Å². The summed E-state index contributed by atoms with van der Waals surface area (Å²) in [7, 11) is 1.33. The van der Waals surface area contributed by atoms with E-state index in [0.29, 0.717) is 5.69 Å². The summed E-state index contributed by atoms with van der Waals surface area (Å²) in [6.07, 6.45) is -4.45. The predicted octanol–water partition coefficient (Wildman–Crippen LogP) is 3.97. The van der Waals surface area contributed by atoms with Crippen LogP contribution in [0.25, 0.3) is 0 Å². The van der Waals surface area contributed by atoms with E-state index in [1.807, 2.05) is 0 Å². The average Bonchev–Trinajstić information content (AvgIpc) is 2.80. The van der Waals surface area contributed by atoms with Gasteiger partial charge in [0.1, 0.15) is 5.75 Å². The quantitative estimate of drug-likeness (QED) is 0.898. The van der Waals surface area contributed by atoms with Crippen molar-refractivity contribution in [3.8, 4) is 5.75 Å². The molecule has 0 atom stereocenters. The topological polar surface area (TPSA) is 47.3 Å². The summed E-state index contributed by atoms with van der Waals surface area (Å²) in [6.45, 7) is 0.249. The van der Waals surface area contributed by atoms with E-state index in [1.54, 1.807) is 11.4 Å². The maximum Gasteiger partial charge on any atom is 0.418 e. The number of benzene rings is 1. The Morgan fingerprint density at radius 2 is 2.05 bits per heavy atom. The zero-order valence-electron chi connectivity index (χ0n) is 10.6. The standard InChI is InChI=1S/C13H13F3N2OS/c1-19-8-2-3-11(9(6-8)13(14,15)16)18-7-12-10(17)4-5-20-12/h2-6,18H,7,17H2,1H3. The fourth-order valence-corrected chi connectivity index (χ4v) is 2.45. The lowest BCUT2D eigenvalue weighted by Gasteiger charge is -2.15. The fraction of sp³-hybridized carbons (Fsp3) is 0.231. The highest BCUT2D eigenvalue weighted by molar-refractivity contribution is 7.10. The van der Waals surface area contributed by atoms with Crippen LogP contribution in [-0.4, -0.2) is 7.11 Å². The zero-order valence-corrected chi connectivity index (χ0v) is 11.4. The molecule has 1 heterocycles. The van der Waals surface area contributed by atoms with Crippen LogP contribution in [0.2, 0.25) is 0 Å². The first-order valence-electron chi connectivity index (χ1n) is 5.72. The number of hydrogen-bond acceptors (Lipinski definition) is 4. The normalized spacial score (nSPS) is 11.4. The first-order chi connectivity index (χ1) is 9.41. The Hall–Kier alpha value is -1.89. The average molecular weight is 302 g/mol. The second kappa shape index (κ2) is 5.62. The van der Waals surface area contributed by atoms with Crippen LogP contribution < -0.4 is 15.8 Å². The SMILES string of the molecule is COc1ccc(NCc2sccc2N)c(C(F)(F)F)c1. The van der Waals surface area contributed by atoms with Gasteiger partial charge in [0.25, 0.3) is 0 Å². The predicted molar refractivity (Wildman–Crippen MR) is 74.1 cm³/mol. The lowest BCUT2D eigenvalue weighted by atomic mass is 10.1. The smallest absolute Gasteiger partial charge is 0.418 e. The summed E-state index contributed by atoms with van der Waals surface area (Å²) in [5.74, 6) is 0.165. The number of anilines is 2. The van der Waals surface area contributed by atoms with E-state index in [-0.39, 0.29) is 18.0 Å². The molecule has 3 N–H and O–H groups in total. The molecule has 108 valence electrons. The zero-order chi connectivity index (χ0) is 14.8. The van der Waals surface area contributed by atoms with Gasteiger partial charge in [-0.25, -0.2) is 0 Å². The Kier molecular flexibility index (Phi) is 4.08. The molecule has 0 radical (unpaired) electrons. The second-order valence-electron chi connectivity index (χ2n) is 4.06. The number of hydrogen-bond donors (Lipinski definition) is 2. The molecule has 0 aliphatic rings. The van der Waals surface area contributed by atoms with Crippen molar-refractivity contribution < 1.29 is 17.9 Å². The van der Waals surface area contributed by atoms with Gasteiger partial charge >= 0.3 is 6.18 Å². The van der Waals surface area contributed by atoms with Crippen LogP contribution >= 0.6 is 11.3 Å². The van der Waals surface area contributed by atoms with Crippen molar-refractivity contribution in [2.45, 2.75) is 12.7 Å². The fourth-order valence-electron chi connectivity index (χ4n) is 1.71. The first kappa shape index (κ1) is 14.5. The summed E-state index contributed by atoms with van der Waals surface area (Å²) in [5.41, 5.74) is 5.52. The van der Waals surface area contributed by atoms with Crippen LogP contribution in [0.4, 0.5) is 24.5 Å². The maximum atomic E-state index is 13.0. The molecule has 0 saturated heterocycles. The molecule has 0 saturated carbocycles. The number of rotatable bonds is 4. The van der Waals surface area contributed by atoms with Crippen LogP contribution in [0.3, 0.4) is 0 Å². The lowest BCUT2D eigenvalue weighted by molar-refractivity contribution is -0.137. The molecule has 1 aromatic heterocycles. The van der Waals surface area contributed by atoms with Crippen LogP contribution in [-0.2, 0) is 12.7 Å². The summed E-state index contributed by atoms with van der Waals surface area (Å²) < 4.78 is 43.8. The van der Waals surface area contributed by atoms with Gasteiger partial charge in [0.2, 0.25) is 0 Å². The van der Waals surface area contributed by atoms with Gasteiger partial charge < -0.3 is 15.8 Å². The van der Waals surface area contributed by atoms with Crippen LogP contribution in [0.5, 0.6) is 5.75 Å². The molecule has 0 amide bonds. The molecule has 20 heavy (non-hydrogen) atoms. The molecule has 1 aromatic carbocycles. The molecule has 0 bridgehead atoms.